The highest BCUT2D eigenvalue weighted by Gasteiger charge is 1.99. The summed E-state index contributed by atoms with van der Waals surface area (Å²) in [7, 11) is 0. The largest absolute Gasteiger partial charge is 0.496 e. The smallest absolute Gasteiger partial charge is 0.114 e. The third-order valence-corrected chi connectivity index (χ3v) is 1.70. The minimum Gasteiger partial charge on any atom is -0.496 e. The van der Waals surface area contributed by atoms with E-state index < -0.39 is 0 Å². The Morgan fingerprint density at radius 2 is 2.17 bits per heavy atom. The van der Waals surface area contributed by atoms with Gasteiger partial charge < -0.3 is 4.74 Å². The third kappa shape index (κ3) is 1.37. The van der Waals surface area contributed by atoms with Gasteiger partial charge in [0.25, 0.3) is 0 Å². The van der Waals surface area contributed by atoms with Crippen molar-refractivity contribution >= 4 is 11.9 Å². The molecule has 2 nitrogen and oxygen atoms in total. The number of para-hydroxylation sites is 1. The van der Waals surface area contributed by atoms with Crippen LogP contribution in [-0.4, -0.2) is 6.21 Å². The topological polar surface area (TPSA) is 21.6 Å². The lowest BCUT2D eigenvalue weighted by atomic mass is 10.2. The van der Waals surface area contributed by atoms with Gasteiger partial charge in [-0.25, -0.2) is 0 Å². The molecule has 0 atom stereocenters. The fraction of sp³-hybridized carbons (Fsp3) is 0.100. The van der Waals surface area contributed by atoms with Crippen LogP contribution in [0.15, 0.2) is 41.6 Å². The number of aliphatic imine (C=N–C) groups is 1. The Morgan fingerprint density at radius 3 is 3.17 bits per heavy atom. The molecule has 1 aromatic carbocycles. The molecule has 0 N–H and O–H groups in total. The Labute approximate surface area is 71.2 Å². The summed E-state index contributed by atoms with van der Waals surface area (Å²) in [5.41, 5.74) is 2.11. The summed E-state index contributed by atoms with van der Waals surface area (Å²) in [5.74, 6) is 0. The Morgan fingerprint density at radius 1 is 1.25 bits per heavy atom. The van der Waals surface area contributed by atoms with Crippen LogP contribution in [-0.2, 0) is 11.3 Å². The number of fused-ring (bicyclic) bond motifs is 1. The standard InChI is InChI=1S/C10H9NO/c1-2-5-10-9(4-1)8-12-7-3-6-11-10/h1-7H,8H2/b7-3-,11-6-. The average molecular weight is 159 g/mol. The zero-order valence-corrected chi connectivity index (χ0v) is 6.60. The van der Waals surface area contributed by atoms with Crippen LogP contribution >= 0.6 is 0 Å². The van der Waals surface area contributed by atoms with Gasteiger partial charge >= 0.3 is 0 Å². The minimum absolute atomic E-state index is 0.601. The van der Waals surface area contributed by atoms with Gasteiger partial charge in [-0.1, -0.05) is 18.2 Å². The molecule has 1 aromatic rings. The average Bonchev–Trinajstić information content (AvgIpc) is 2.06. The first-order valence-electron chi connectivity index (χ1n) is 3.85. The second-order valence-corrected chi connectivity index (χ2v) is 2.55. The minimum atomic E-state index is 0.601. The molecule has 2 heteroatoms. The van der Waals surface area contributed by atoms with Crippen LogP contribution in [0, 0.1) is 0 Å². The molecular formula is C10H9NO. The maximum atomic E-state index is 5.23. The molecule has 0 radical (unpaired) electrons. The first-order valence-corrected chi connectivity index (χ1v) is 3.85. The number of hydrogen-bond donors (Lipinski definition) is 0. The zero-order chi connectivity index (χ0) is 8.23. The monoisotopic (exact) mass is 159 g/mol. The molecule has 12 heavy (non-hydrogen) atoms. The van der Waals surface area contributed by atoms with Crippen molar-refractivity contribution in [3.05, 3.63) is 42.2 Å². The normalized spacial score (nSPS) is 19.7. The number of rotatable bonds is 0. The highest BCUT2D eigenvalue weighted by molar-refractivity contribution is 5.75. The van der Waals surface area contributed by atoms with Crippen molar-refractivity contribution in [1.29, 1.82) is 0 Å². The molecule has 0 saturated heterocycles. The maximum absolute atomic E-state index is 5.23. The SMILES string of the molecule is C1=C\OCc2ccccc2\N=C/1. The molecule has 1 aliphatic rings. The van der Waals surface area contributed by atoms with Crippen molar-refractivity contribution in [3.8, 4) is 0 Å². The lowest BCUT2D eigenvalue weighted by Crippen LogP contribution is -1.89. The van der Waals surface area contributed by atoms with E-state index in [0.717, 1.165) is 11.3 Å². The van der Waals surface area contributed by atoms with Gasteiger partial charge in [-0.15, -0.1) is 0 Å². The van der Waals surface area contributed by atoms with Gasteiger partial charge in [-0.3, -0.25) is 4.99 Å². The van der Waals surface area contributed by atoms with Crippen LogP contribution in [0.3, 0.4) is 0 Å². The van der Waals surface area contributed by atoms with Crippen molar-refractivity contribution in [1.82, 2.24) is 0 Å². The fourth-order valence-electron chi connectivity index (χ4n) is 1.11. The lowest BCUT2D eigenvalue weighted by Gasteiger charge is -2.06. The van der Waals surface area contributed by atoms with Crippen LogP contribution < -0.4 is 0 Å². The molecule has 2 rings (SSSR count). The van der Waals surface area contributed by atoms with Crippen molar-refractivity contribution in [2.75, 3.05) is 0 Å². The molecule has 0 saturated carbocycles. The van der Waals surface area contributed by atoms with E-state index in [1.54, 1.807) is 18.6 Å². The van der Waals surface area contributed by atoms with Gasteiger partial charge in [-0.2, -0.15) is 0 Å². The molecule has 0 fully saturated rings. The number of benzene rings is 1. The first-order chi connectivity index (χ1) is 5.97. The number of nitrogens with zero attached hydrogens (tertiary/aromatic N) is 1. The third-order valence-electron chi connectivity index (χ3n) is 1.70. The van der Waals surface area contributed by atoms with Crippen molar-refractivity contribution in [2.24, 2.45) is 4.99 Å². The van der Waals surface area contributed by atoms with Gasteiger partial charge in [0.1, 0.15) is 6.61 Å². The van der Waals surface area contributed by atoms with E-state index in [1.165, 1.54) is 0 Å². The summed E-state index contributed by atoms with van der Waals surface area (Å²) >= 11 is 0. The van der Waals surface area contributed by atoms with Crippen LogP contribution in [0.1, 0.15) is 5.56 Å². The summed E-state index contributed by atoms with van der Waals surface area (Å²) in [5, 5.41) is 0. The van der Waals surface area contributed by atoms with Gasteiger partial charge in [0.05, 0.1) is 11.9 Å². The molecule has 0 aliphatic carbocycles. The predicted molar refractivity (Wildman–Crippen MR) is 48.5 cm³/mol. The van der Waals surface area contributed by atoms with E-state index in [9.17, 15) is 0 Å². The number of allylic oxidation sites excluding steroid dienone is 1. The van der Waals surface area contributed by atoms with E-state index in [2.05, 4.69) is 4.99 Å². The van der Waals surface area contributed by atoms with E-state index in [-0.39, 0.29) is 0 Å². The predicted octanol–water partition coefficient (Wildman–Crippen LogP) is 2.43. The molecule has 1 aliphatic heterocycles. The molecule has 0 spiro atoms. The van der Waals surface area contributed by atoms with E-state index in [4.69, 9.17) is 4.74 Å². The summed E-state index contributed by atoms with van der Waals surface area (Å²) in [4.78, 5) is 4.25. The van der Waals surface area contributed by atoms with Crippen LogP contribution in [0.2, 0.25) is 0 Å². The maximum Gasteiger partial charge on any atom is 0.114 e. The van der Waals surface area contributed by atoms with E-state index in [1.807, 2.05) is 24.3 Å². The van der Waals surface area contributed by atoms with Gasteiger partial charge in [0.2, 0.25) is 0 Å². The van der Waals surface area contributed by atoms with E-state index >= 15 is 0 Å². The molecule has 60 valence electrons. The van der Waals surface area contributed by atoms with Crippen LogP contribution in [0.4, 0.5) is 5.69 Å². The quantitative estimate of drug-likeness (QED) is 0.569. The lowest BCUT2D eigenvalue weighted by molar-refractivity contribution is 0.237. The van der Waals surface area contributed by atoms with Crippen LogP contribution in [0.25, 0.3) is 0 Å². The Hall–Kier alpha value is -1.57. The Kier molecular flexibility index (Phi) is 1.90. The molecular weight excluding hydrogens is 150 g/mol. The second-order valence-electron chi connectivity index (χ2n) is 2.55. The van der Waals surface area contributed by atoms with Gasteiger partial charge in [-0.05, 0) is 12.1 Å². The van der Waals surface area contributed by atoms with Crippen molar-refractivity contribution in [3.63, 3.8) is 0 Å². The van der Waals surface area contributed by atoms with Gasteiger partial charge in [0, 0.05) is 11.8 Å². The highest BCUT2D eigenvalue weighted by atomic mass is 16.5. The highest BCUT2D eigenvalue weighted by Crippen LogP contribution is 2.19. The Bertz CT molecular complexity index is 328. The second kappa shape index (κ2) is 3.22. The first kappa shape index (κ1) is 7.10. The summed E-state index contributed by atoms with van der Waals surface area (Å²) in [6.07, 6.45) is 5.17. The Balaban J connectivity index is 2.43. The number of ether oxygens (including phenoxy) is 1. The number of hydrogen-bond acceptors (Lipinski definition) is 2. The van der Waals surface area contributed by atoms with Gasteiger partial charge in [0.15, 0.2) is 0 Å². The molecule has 0 aromatic heterocycles. The fourth-order valence-corrected chi connectivity index (χ4v) is 1.11. The van der Waals surface area contributed by atoms with Crippen molar-refractivity contribution in [2.45, 2.75) is 6.61 Å². The molecule has 1 heterocycles. The summed E-state index contributed by atoms with van der Waals surface area (Å²) < 4.78 is 5.23. The molecule has 0 amide bonds. The van der Waals surface area contributed by atoms with Crippen molar-refractivity contribution < 1.29 is 4.74 Å². The summed E-state index contributed by atoms with van der Waals surface area (Å²) in [6.45, 7) is 0.601. The van der Waals surface area contributed by atoms with E-state index in [0.29, 0.717) is 6.61 Å². The molecule has 0 bridgehead atoms. The summed E-state index contributed by atoms with van der Waals surface area (Å²) in [6, 6.07) is 7.96. The zero-order valence-electron chi connectivity index (χ0n) is 6.60. The molecule has 0 unspecified atom stereocenters. The van der Waals surface area contributed by atoms with Crippen LogP contribution in [0.5, 0.6) is 0 Å².